The van der Waals surface area contributed by atoms with Gasteiger partial charge in [-0.2, -0.15) is 5.10 Å². The van der Waals surface area contributed by atoms with Gasteiger partial charge in [0.1, 0.15) is 5.15 Å². The highest BCUT2D eigenvalue weighted by atomic mass is 35.5. The minimum absolute atomic E-state index is 0.408. The second kappa shape index (κ2) is 4.62. The number of fused-ring (bicyclic) bond motifs is 1. The summed E-state index contributed by atoms with van der Waals surface area (Å²) in [5.74, 6) is 0. The average Bonchev–Trinajstić information content (AvgIpc) is 2.75. The van der Waals surface area contributed by atoms with Crippen LogP contribution in [0.3, 0.4) is 0 Å². The third-order valence-electron chi connectivity index (χ3n) is 4.41. The molecule has 21 heavy (non-hydrogen) atoms. The molecule has 2 aromatic rings. The van der Waals surface area contributed by atoms with Crippen LogP contribution in [0.25, 0.3) is 10.9 Å². The minimum Gasteiger partial charge on any atom is -0.399 e. The lowest BCUT2D eigenvalue weighted by Gasteiger charge is -2.32. The molecule has 0 amide bonds. The van der Waals surface area contributed by atoms with Crippen molar-refractivity contribution in [2.45, 2.75) is 38.9 Å². The number of aryl methyl sites for hydroxylation is 1. The SMILES string of the molecule is Cn1nc2ccc(B3OC(C)(C)C(C)(C)O3)c(Cl)c2c1Cl. The van der Waals surface area contributed by atoms with Crippen molar-refractivity contribution in [1.82, 2.24) is 9.78 Å². The summed E-state index contributed by atoms with van der Waals surface area (Å²) >= 11 is 12.8. The molecular formula is C14H17BCl2N2O2. The molecule has 0 spiro atoms. The van der Waals surface area contributed by atoms with Crippen LogP contribution in [0, 0.1) is 0 Å². The number of nitrogens with zero attached hydrogens (tertiary/aromatic N) is 2. The Morgan fingerprint density at radius 2 is 1.67 bits per heavy atom. The van der Waals surface area contributed by atoms with Gasteiger partial charge in [0.25, 0.3) is 0 Å². The molecule has 0 saturated carbocycles. The fourth-order valence-electron chi connectivity index (χ4n) is 2.38. The summed E-state index contributed by atoms with van der Waals surface area (Å²) < 4.78 is 13.7. The van der Waals surface area contributed by atoms with Crippen LogP contribution < -0.4 is 5.46 Å². The molecule has 2 heterocycles. The van der Waals surface area contributed by atoms with Crippen LogP contribution in [0.2, 0.25) is 10.2 Å². The zero-order chi connectivity index (χ0) is 15.6. The van der Waals surface area contributed by atoms with E-state index in [1.807, 2.05) is 39.8 Å². The van der Waals surface area contributed by atoms with Crippen LogP contribution in [0.5, 0.6) is 0 Å². The number of hydrogen-bond donors (Lipinski definition) is 0. The fourth-order valence-corrected chi connectivity index (χ4v) is 3.00. The molecule has 112 valence electrons. The first-order valence-corrected chi connectivity index (χ1v) is 7.56. The Hall–Kier alpha value is -0.745. The van der Waals surface area contributed by atoms with Gasteiger partial charge in [-0.1, -0.05) is 29.3 Å². The highest BCUT2D eigenvalue weighted by molar-refractivity contribution is 6.67. The van der Waals surface area contributed by atoms with Gasteiger partial charge >= 0.3 is 7.12 Å². The Morgan fingerprint density at radius 3 is 2.24 bits per heavy atom. The number of aromatic nitrogens is 2. The molecule has 1 saturated heterocycles. The number of halogens is 2. The first-order chi connectivity index (χ1) is 9.64. The topological polar surface area (TPSA) is 36.3 Å². The Bertz CT molecular complexity index is 711. The molecule has 1 aliphatic heterocycles. The van der Waals surface area contributed by atoms with E-state index in [-0.39, 0.29) is 0 Å². The summed E-state index contributed by atoms with van der Waals surface area (Å²) in [6.45, 7) is 8.04. The molecule has 7 heteroatoms. The second-order valence-corrected chi connectivity index (χ2v) is 7.10. The van der Waals surface area contributed by atoms with Gasteiger partial charge in [-0.25, -0.2) is 0 Å². The Balaban J connectivity index is 2.11. The standard InChI is InChI=1S/C14H17BCl2N2O2/c1-13(2)14(3,4)21-15(20-13)8-6-7-9-10(11(8)16)12(17)19(5)18-9/h6-7H,1-5H3. The van der Waals surface area contributed by atoms with E-state index in [0.717, 1.165) is 16.4 Å². The summed E-state index contributed by atoms with van der Waals surface area (Å²) in [7, 11) is 1.27. The Morgan fingerprint density at radius 1 is 1.10 bits per heavy atom. The van der Waals surface area contributed by atoms with Gasteiger partial charge in [-0.3, -0.25) is 4.68 Å². The van der Waals surface area contributed by atoms with Gasteiger partial charge in [-0.05, 0) is 33.8 Å². The quantitative estimate of drug-likeness (QED) is 0.755. The molecule has 0 aliphatic carbocycles. The fraction of sp³-hybridized carbons (Fsp3) is 0.500. The van der Waals surface area contributed by atoms with Gasteiger partial charge in [0.2, 0.25) is 0 Å². The van der Waals surface area contributed by atoms with Gasteiger partial charge in [0, 0.05) is 12.5 Å². The van der Waals surface area contributed by atoms with E-state index in [9.17, 15) is 0 Å². The molecule has 0 radical (unpaired) electrons. The van der Waals surface area contributed by atoms with Crippen molar-refractivity contribution in [3.8, 4) is 0 Å². The third kappa shape index (κ3) is 2.18. The van der Waals surface area contributed by atoms with Crippen LogP contribution >= 0.6 is 23.2 Å². The van der Waals surface area contributed by atoms with Crippen molar-refractivity contribution in [3.63, 3.8) is 0 Å². The van der Waals surface area contributed by atoms with E-state index in [2.05, 4.69) is 5.10 Å². The smallest absolute Gasteiger partial charge is 0.399 e. The van der Waals surface area contributed by atoms with Crippen molar-refractivity contribution in [2.75, 3.05) is 0 Å². The zero-order valence-corrected chi connectivity index (χ0v) is 14.2. The third-order valence-corrected chi connectivity index (χ3v) is 5.25. The van der Waals surface area contributed by atoms with Crippen LogP contribution in [0.4, 0.5) is 0 Å². The number of rotatable bonds is 1. The Labute approximate surface area is 134 Å². The lowest BCUT2D eigenvalue weighted by molar-refractivity contribution is 0.00578. The summed E-state index contributed by atoms with van der Waals surface area (Å²) in [5, 5.41) is 6.09. The first-order valence-electron chi connectivity index (χ1n) is 6.80. The molecule has 1 aliphatic rings. The molecule has 3 rings (SSSR count). The summed E-state index contributed by atoms with van der Waals surface area (Å²) in [6.07, 6.45) is 0. The van der Waals surface area contributed by atoms with Gasteiger partial charge in [0.05, 0.1) is 27.1 Å². The molecule has 1 aromatic carbocycles. The largest absolute Gasteiger partial charge is 0.496 e. The molecule has 1 aromatic heterocycles. The van der Waals surface area contributed by atoms with Crippen LogP contribution in [-0.4, -0.2) is 28.1 Å². The highest BCUT2D eigenvalue weighted by Gasteiger charge is 2.52. The normalized spacial score (nSPS) is 20.4. The summed E-state index contributed by atoms with van der Waals surface area (Å²) in [5.41, 5.74) is 0.717. The molecule has 0 bridgehead atoms. The number of benzene rings is 1. The van der Waals surface area contributed by atoms with Crippen molar-refractivity contribution in [2.24, 2.45) is 7.05 Å². The monoisotopic (exact) mass is 326 g/mol. The maximum Gasteiger partial charge on any atom is 0.496 e. The second-order valence-electron chi connectivity index (χ2n) is 6.37. The van der Waals surface area contributed by atoms with Crippen LogP contribution in [-0.2, 0) is 16.4 Å². The molecule has 4 nitrogen and oxygen atoms in total. The van der Waals surface area contributed by atoms with E-state index in [1.54, 1.807) is 11.7 Å². The number of hydrogen-bond acceptors (Lipinski definition) is 3. The lowest BCUT2D eigenvalue weighted by atomic mass is 9.78. The average molecular weight is 327 g/mol. The van der Waals surface area contributed by atoms with Crippen molar-refractivity contribution >= 4 is 46.7 Å². The van der Waals surface area contributed by atoms with E-state index in [1.165, 1.54) is 0 Å². The molecule has 0 N–H and O–H groups in total. The Kier molecular flexibility index (Phi) is 3.34. The van der Waals surface area contributed by atoms with Gasteiger partial charge in [0.15, 0.2) is 0 Å². The van der Waals surface area contributed by atoms with E-state index in [4.69, 9.17) is 32.5 Å². The van der Waals surface area contributed by atoms with Gasteiger partial charge < -0.3 is 9.31 Å². The molecule has 0 atom stereocenters. The maximum atomic E-state index is 6.53. The van der Waals surface area contributed by atoms with Crippen molar-refractivity contribution in [1.29, 1.82) is 0 Å². The van der Waals surface area contributed by atoms with E-state index >= 15 is 0 Å². The van der Waals surface area contributed by atoms with Gasteiger partial charge in [-0.15, -0.1) is 0 Å². The molecule has 0 unspecified atom stereocenters. The molecule has 1 fully saturated rings. The van der Waals surface area contributed by atoms with E-state index in [0.29, 0.717) is 10.2 Å². The highest BCUT2D eigenvalue weighted by Crippen LogP contribution is 2.38. The maximum absolute atomic E-state index is 6.53. The summed E-state index contributed by atoms with van der Waals surface area (Å²) in [4.78, 5) is 0. The van der Waals surface area contributed by atoms with Crippen LogP contribution in [0.15, 0.2) is 12.1 Å². The lowest BCUT2D eigenvalue weighted by Crippen LogP contribution is -2.41. The zero-order valence-electron chi connectivity index (χ0n) is 12.7. The first kappa shape index (κ1) is 15.2. The van der Waals surface area contributed by atoms with E-state index < -0.39 is 18.3 Å². The predicted octanol–water partition coefficient (Wildman–Crippen LogP) is 3.18. The minimum atomic E-state index is -0.511. The molecular weight excluding hydrogens is 310 g/mol. The predicted molar refractivity (Wildman–Crippen MR) is 86.5 cm³/mol. The van der Waals surface area contributed by atoms with Crippen molar-refractivity contribution < 1.29 is 9.31 Å². The summed E-state index contributed by atoms with van der Waals surface area (Å²) in [6, 6.07) is 3.77. The van der Waals surface area contributed by atoms with Crippen LogP contribution in [0.1, 0.15) is 27.7 Å². The van der Waals surface area contributed by atoms with Crippen molar-refractivity contribution in [3.05, 3.63) is 22.3 Å².